The van der Waals surface area contributed by atoms with Gasteiger partial charge in [0.25, 0.3) is 0 Å². The summed E-state index contributed by atoms with van der Waals surface area (Å²) >= 11 is 0. The first kappa shape index (κ1) is 11.1. The maximum atomic E-state index is 5.88. The number of benzene rings is 2. The Bertz CT molecular complexity index is 632. The third-order valence-corrected chi connectivity index (χ3v) is 4.00. The van der Waals surface area contributed by atoms with Crippen LogP contribution in [-0.2, 0) is 5.54 Å². The molecule has 0 fully saturated rings. The predicted octanol–water partition coefficient (Wildman–Crippen LogP) is 2.32. The van der Waals surface area contributed by atoms with Crippen LogP contribution < -0.4 is 5.73 Å². The molecule has 1 aliphatic heterocycles. The normalized spacial score (nSPS) is 23.4. The third kappa shape index (κ3) is 1.47. The van der Waals surface area contributed by atoms with Crippen LogP contribution in [0.5, 0.6) is 0 Å². The number of hydrogen-bond donors (Lipinski definition) is 1. The first-order valence-electron chi connectivity index (χ1n) is 6.14. The Labute approximate surface area is 107 Å². The second-order valence-corrected chi connectivity index (χ2v) is 5.07. The highest BCUT2D eigenvalue weighted by molar-refractivity contribution is 5.84. The molecule has 3 nitrogen and oxygen atoms in total. The molecule has 3 rings (SSSR count). The summed E-state index contributed by atoms with van der Waals surface area (Å²) in [5, 5.41) is 2.52. The van der Waals surface area contributed by atoms with E-state index in [1.807, 2.05) is 7.05 Å². The molecule has 3 heteroatoms. The van der Waals surface area contributed by atoms with Crippen molar-refractivity contribution >= 4 is 16.7 Å². The summed E-state index contributed by atoms with van der Waals surface area (Å²) in [6.07, 6.45) is 0. The maximum absolute atomic E-state index is 5.88. The van der Waals surface area contributed by atoms with Crippen LogP contribution in [0.2, 0.25) is 0 Å². The zero-order chi connectivity index (χ0) is 12.8. The number of fused-ring (bicyclic) bond motifs is 1. The van der Waals surface area contributed by atoms with Gasteiger partial charge < -0.3 is 10.6 Å². The van der Waals surface area contributed by atoms with E-state index in [-0.39, 0.29) is 5.54 Å². The minimum atomic E-state index is -0.131. The van der Waals surface area contributed by atoms with E-state index in [0.29, 0.717) is 12.5 Å². The smallest absolute Gasteiger partial charge is 0.191 e. The molecule has 1 heterocycles. The molecule has 0 spiro atoms. The molecule has 0 saturated carbocycles. The van der Waals surface area contributed by atoms with E-state index in [4.69, 9.17) is 5.73 Å². The summed E-state index contributed by atoms with van der Waals surface area (Å²) in [5.74, 6) is 0.616. The van der Waals surface area contributed by atoms with Crippen molar-refractivity contribution in [2.24, 2.45) is 10.7 Å². The van der Waals surface area contributed by atoms with E-state index < -0.39 is 0 Å². The van der Waals surface area contributed by atoms with E-state index in [2.05, 4.69) is 59.3 Å². The molecule has 1 atom stereocenters. The summed E-state index contributed by atoms with van der Waals surface area (Å²) < 4.78 is 0. The molecule has 92 valence electrons. The lowest BCUT2D eigenvalue weighted by molar-refractivity contribution is 0.267. The molecule has 1 unspecified atom stereocenters. The summed E-state index contributed by atoms with van der Waals surface area (Å²) in [6.45, 7) is 2.90. The lowest BCUT2D eigenvalue weighted by Gasteiger charge is -2.33. The molecule has 0 bridgehead atoms. The second kappa shape index (κ2) is 3.73. The highest BCUT2D eigenvalue weighted by Crippen LogP contribution is 2.32. The van der Waals surface area contributed by atoms with Crippen molar-refractivity contribution in [3.8, 4) is 0 Å². The van der Waals surface area contributed by atoms with Gasteiger partial charge in [0.05, 0.1) is 12.1 Å². The number of nitrogens with two attached hydrogens (primary N) is 1. The SMILES string of the molecule is CN1C(N)=NCC1(C)c1ccc2ccccc2c1. The van der Waals surface area contributed by atoms with Crippen LogP contribution >= 0.6 is 0 Å². The van der Waals surface area contributed by atoms with Crippen LogP contribution in [0.1, 0.15) is 12.5 Å². The van der Waals surface area contributed by atoms with Crippen LogP contribution in [0.15, 0.2) is 47.5 Å². The van der Waals surface area contributed by atoms with E-state index >= 15 is 0 Å². The number of hydrogen-bond acceptors (Lipinski definition) is 3. The Balaban J connectivity index is 2.10. The van der Waals surface area contributed by atoms with Gasteiger partial charge in [0.15, 0.2) is 5.96 Å². The molecule has 0 aromatic heterocycles. The topological polar surface area (TPSA) is 41.6 Å². The number of nitrogens with zero attached hydrogens (tertiary/aromatic N) is 2. The summed E-state index contributed by atoms with van der Waals surface area (Å²) in [6, 6.07) is 15.0. The number of guanidine groups is 1. The minimum absolute atomic E-state index is 0.131. The third-order valence-electron chi connectivity index (χ3n) is 4.00. The van der Waals surface area contributed by atoms with E-state index in [9.17, 15) is 0 Å². The van der Waals surface area contributed by atoms with Crippen LogP contribution in [-0.4, -0.2) is 24.5 Å². The van der Waals surface area contributed by atoms with Gasteiger partial charge in [-0.3, -0.25) is 4.99 Å². The number of likely N-dealkylation sites (N-methyl/N-ethyl adjacent to an activating group) is 1. The Morgan fingerprint density at radius 3 is 2.56 bits per heavy atom. The Kier molecular flexibility index (Phi) is 2.30. The molecule has 0 amide bonds. The van der Waals surface area contributed by atoms with Gasteiger partial charge in [-0.2, -0.15) is 0 Å². The van der Waals surface area contributed by atoms with Gasteiger partial charge >= 0.3 is 0 Å². The van der Waals surface area contributed by atoms with Gasteiger partial charge in [0, 0.05) is 7.05 Å². The van der Waals surface area contributed by atoms with Crippen LogP contribution in [0.3, 0.4) is 0 Å². The largest absolute Gasteiger partial charge is 0.370 e. The quantitative estimate of drug-likeness (QED) is 0.829. The molecule has 18 heavy (non-hydrogen) atoms. The highest BCUT2D eigenvalue weighted by atomic mass is 15.3. The summed E-state index contributed by atoms with van der Waals surface area (Å²) in [4.78, 5) is 6.40. The fourth-order valence-corrected chi connectivity index (χ4v) is 2.51. The van der Waals surface area contributed by atoms with Gasteiger partial charge in [-0.1, -0.05) is 36.4 Å². The van der Waals surface area contributed by atoms with Crippen molar-refractivity contribution in [2.45, 2.75) is 12.5 Å². The summed E-state index contributed by atoms with van der Waals surface area (Å²) in [5.41, 5.74) is 7.01. The van der Waals surface area contributed by atoms with Gasteiger partial charge in [-0.15, -0.1) is 0 Å². The van der Waals surface area contributed by atoms with Crippen LogP contribution in [0.25, 0.3) is 10.8 Å². The van der Waals surface area contributed by atoms with Gasteiger partial charge in [-0.25, -0.2) is 0 Å². The first-order valence-corrected chi connectivity index (χ1v) is 6.14. The average molecular weight is 239 g/mol. The highest BCUT2D eigenvalue weighted by Gasteiger charge is 2.36. The Morgan fingerprint density at radius 2 is 1.89 bits per heavy atom. The van der Waals surface area contributed by atoms with Gasteiger partial charge in [0.2, 0.25) is 0 Å². The predicted molar refractivity (Wildman–Crippen MR) is 75.6 cm³/mol. The fourth-order valence-electron chi connectivity index (χ4n) is 2.51. The zero-order valence-electron chi connectivity index (χ0n) is 10.7. The van der Waals surface area contributed by atoms with Gasteiger partial charge in [-0.05, 0) is 29.3 Å². The maximum Gasteiger partial charge on any atom is 0.191 e. The van der Waals surface area contributed by atoms with E-state index in [1.165, 1.54) is 16.3 Å². The number of aliphatic imine (C=N–C) groups is 1. The molecule has 1 aliphatic rings. The molecular weight excluding hydrogens is 222 g/mol. The molecule has 0 aliphatic carbocycles. The molecular formula is C15H17N3. The van der Waals surface area contributed by atoms with Crippen LogP contribution in [0, 0.1) is 0 Å². The van der Waals surface area contributed by atoms with Crippen molar-refractivity contribution in [1.29, 1.82) is 0 Å². The van der Waals surface area contributed by atoms with Crippen molar-refractivity contribution in [2.75, 3.05) is 13.6 Å². The van der Waals surface area contributed by atoms with Crippen molar-refractivity contribution in [3.05, 3.63) is 48.0 Å². The Morgan fingerprint density at radius 1 is 1.17 bits per heavy atom. The zero-order valence-corrected chi connectivity index (χ0v) is 10.7. The fraction of sp³-hybridized carbons (Fsp3) is 0.267. The monoisotopic (exact) mass is 239 g/mol. The van der Waals surface area contributed by atoms with Crippen molar-refractivity contribution < 1.29 is 0 Å². The molecule has 2 aromatic rings. The average Bonchev–Trinajstić information content (AvgIpc) is 2.67. The van der Waals surface area contributed by atoms with Crippen LogP contribution in [0.4, 0.5) is 0 Å². The Hall–Kier alpha value is -2.03. The molecule has 0 saturated heterocycles. The molecule has 0 radical (unpaired) electrons. The van der Waals surface area contributed by atoms with Gasteiger partial charge in [0.1, 0.15) is 0 Å². The second-order valence-electron chi connectivity index (χ2n) is 5.07. The molecule has 2 N–H and O–H groups in total. The first-order chi connectivity index (χ1) is 8.61. The minimum Gasteiger partial charge on any atom is -0.370 e. The number of rotatable bonds is 1. The molecule has 2 aromatic carbocycles. The lowest BCUT2D eigenvalue weighted by Crippen LogP contribution is -2.44. The van der Waals surface area contributed by atoms with Crippen molar-refractivity contribution in [3.63, 3.8) is 0 Å². The van der Waals surface area contributed by atoms with E-state index in [0.717, 1.165) is 0 Å². The van der Waals surface area contributed by atoms with E-state index in [1.54, 1.807) is 0 Å². The lowest BCUT2D eigenvalue weighted by atomic mass is 9.90. The van der Waals surface area contributed by atoms with Crippen molar-refractivity contribution in [1.82, 2.24) is 4.90 Å². The standard InChI is InChI=1S/C15H17N3/c1-15(10-17-14(16)18(15)2)13-8-7-11-5-3-4-6-12(11)9-13/h3-9H,10H2,1-2H3,(H2,16,17). The summed E-state index contributed by atoms with van der Waals surface area (Å²) in [7, 11) is 2.00.